The first-order valence-corrected chi connectivity index (χ1v) is 11.9. The molecule has 4 aliphatic rings. The van der Waals surface area contributed by atoms with Crippen molar-refractivity contribution in [3.63, 3.8) is 0 Å². The molecule has 4 fully saturated rings. The van der Waals surface area contributed by atoms with Crippen molar-refractivity contribution < 1.29 is 9.59 Å². The van der Waals surface area contributed by atoms with E-state index >= 15 is 0 Å². The molecule has 1 aromatic rings. The summed E-state index contributed by atoms with van der Waals surface area (Å²) in [5.41, 5.74) is 6.29. The summed E-state index contributed by atoms with van der Waals surface area (Å²) in [6, 6.07) is 8.72. The van der Waals surface area contributed by atoms with Crippen molar-refractivity contribution in [2.45, 2.75) is 75.8 Å². The molecule has 0 saturated heterocycles. The Balaban J connectivity index is 0.000000173. The summed E-state index contributed by atoms with van der Waals surface area (Å²) in [5, 5.41) is 3.49. The van der Waals surface area contributed by atoms with Crippen molar-refractivity contribution in [2.75, 3.05) is 7.05 Å². The molecule has 5 rings (SSSR count). The predicted molar refractivity (Wildman–Crippen MR) is 123 cm³/mol. The van der Waals surface area contributed by atoms with E-state index < -0.39 is 5.54 Å². The molecule has 4 saturated carbocycles. The first kappa shape index (κ1) is 23.3. The lowest BCUT2D eigenvalue weighted by atomic mass is 9.56. The monoisotopic (exact) mass is 431 g/mol. The van der Waals surface area contributed by atoms with Gasteiger partial charge in [0.1, 0.15) is 6.29 Å². The number of amides is 1. The van der Waals surface area contributed by atoms with E-state index in [-0.39, 0.29) is 11.3 Å². The van der Waals surface area contributed by atoms with Crippen molar-refractivity contribution in [2.24, 2.45) is 28.9 Å². The van der Waals surface area contributed by atoms with E-state index in [1.807, 2.05) is 32.0 Å². The number of benzene rings is 1. The zero-order valence-corrected chi connectivity index (χ0v) is 19.6. The van der Waals surface area contributed by atoms with Crippen LogP contribution < -0.4 is 15.8 Å². The van der Waals surface area contributed by atoms with Gasteiger partial charge in [0.2, 0.25) is 5.91 Å². The molecule has 0 aliphatic heterocycles. The molecule has 0 radical (unpaired) electrons. The number of rotatable bonds is 6. The molecule has 0 heterocycles. The molecule has 0 spiro atoms. The molecule has 4 bridgehead atoms. The minimum Gasteiger partial charge on any atom is -0.369 e. The van der Waals surface area contributed by atoms with Gasteiger partial charge in [-0.25, -0.2) is 4.72 Å². The van der Waals surface area contributed by atoms with E-state index in [4.69, 9.17) is 5.73 Å². The molecule has 5 atom stereocenters. The number of nitrogens with one attached hydrogen (secondary N) is 2. The maximum Gasteiger partial charge on any atom is 0.223 e. The second-order valence-corrected chi connectivity index (χ2v) is 10.9. The summed E-state index contributed by atoms with van der Waals surface area (Å²) in [7, 11) is 2.07. The third kappa shape index (κ3) is 5.09. The highest BCUT2D eigenvalue weighted by atomic mass is 32.2. The SMILES string of the molecule is CNC1C2CCC3CC1CC(C(N)=O)(C3)C2.Cc1ccccc1SNC(C)(C)C=O. The number of carbonyl (C=O) groups excluding carboxylic acids is 2. The van der Waals surface area contributed by atoms with E-state index in [1.165, 1.54) is 36.8 Å². The largest absolute Gasteiger partial charge is 0.369 e. The Morgan fingerprint density at radius 3 is 2.53 bits per heavy atom. The molecular weight excluding hydrogens is 394 g/mol. The van der Waals surface area contributed by atoms with E-state index in [2.05, 4.69) is 30.1 Å². The van der Waals surface area contributed by atoms with Crippen molar-refractivity contribution in [3.05, 3.63) is 29.8 Å². The lowest BCUT2D eigenvalue weighted by Gasteiger charge is -2.50. The topological polar surface area (TPSA) is 84.2 Å². The lowest BCUT2D eigenvalue weighted by Crippen LogP contribution is -2.54. The Bertz CT molecular complexity index is 767. The standard InChI is InChI=1S/C13H22N2O.C11H15NOS/c1-15-11-9-3-2-8-4-10(11)7-13(5-8,6-9)12(14)16;1-9-6-4-5-7-10(9)14-12-11(2,3)8-13/h8-11,15H,2-7H2,1H3,(H2,14,16);4-8,12H,1-3H3. The van der Waals surface area contributed by atoms with Gasteiger partial charge >= 0.3 is 0 Å². The normalized spacial score (nSPS) is 32.1. The minimum atomic E-state index is -0.479. The van der Waals surface area contributed by atoms with Crippen LogP contribution in [-0.4, -0.2) is 30.8 Å². The van der Waals surface area contributed by atoms with E-state index in [9.17, 15) is 9.59 Å². The highest BCUT2D eigenvalue weighted by Crippen LogP contribution is 2.57. The predicted octanol–water partition coefficient (Wildman–Crippen LogP) is 3.85. The van der Waals surface area contributed by atoms with Gasteiger partial charge in [-0.2, -0.15) is 0 Å². The van der Waals surface area contributed by atoms with Crippen molar-refractivity contribution in [1.29, 1.82) is 0 Å². The van der Waals surface area contributed by atoms with Crippen LogP contribution in [0.5, 0.6) is 0 Å². The fraction of sp³-hybridized carbons (Fsp3) is 0.667. The zero-order chi connectivity index (χ0) is 21.9. The van der Waals surface area contributed by atoms with Crippen molar-refractivity contribution in [3.8, 4) is 0 Å². The molecule has 1 aromatic carbocycles. The van der Waals surface area contributed by atoms with Crippen LogP contribution in [0, 0.1) is 30.1 Å². The molecular formula is C24H37N3O2S. The Morgan fingerprint density at radius 1 is 1.20 bits per heavy atom. The number of fused-ring (bicyclic) bond motifs is 1. The summed E-state index contributed by atoms with van der Waals surface area (Å²) in [4.78, 5) is 23.6. The lowest BCUT2D eigenvalue weighted by molar-refractivity contribution is -0.136. The average Bonchev–Trinajstić information content (AvgIpc) is 2.92. The van der Waals surface area contributed by atoms with Gasteiger partial charge in [-0.1, -0.05) is 24.6 Å². The smallest absolute Gasteiger partial charge is 0.223 e. The Labute approximate surface area is 185 Å². The maximum atomic E-state index is 11.8. The number of carbonyl (C=O) groups is 2. The number of aryl methyl sites for hydroxylation is 1. The van der Waals surface area contributed by atoms with Crippen LogP contribution in [-0.2, 0) is 9.59 Å². The van der Waals surface area contributed by atoms with Crippen molar-refractivity contribution >= 4 is 24.1 Å². The van der Waals surface area contributed by atoms with Gasteiger partial charge in [0.05, 0.1) is 5.54 Å². The second kappa shape index (κ2) is 9.41. The number of hydrogen-bond acceptors (Lipinski definition) is 5. The molecule has 5 nitrogen and oxygen atoms in total. The molecule has 5 unspecified atom stereocenters. The van der Waals surface area contributed by atoms with Gasteiger partial charge in [0, 0.05) is 16.4 Å². The van der Waals surface area contributed by atoms with Gasteiger partial charge in [-0.3, -0.25) is 4.79 Å². The Morgan fingerprint density at radius 2 is 1.90 bits per heavy atom. The zero-order valence-electron chi connectivity index (χ0n) is 18.7. The number of hydrogen-bond donors (Lipinski definition) is 3. The molecule has 1 amide bonds. The van der Waals surface area contributed by atoms with Crippen LogP contribution in [0.1, 0.15) is 57.9 Å². The molecule has 4 aliphatic carbocycles. The third-order valence-electron chi connectivity index (χ3n) is 7.25. The minimum absolute atomic E-state index is 0.0244. The first-order chi connectivity index (χ1) is 14.2. The Kier molecular flexibility index (Phi) is 7.31. The van der Waals surface area contributed by atoms with Crippen LogP contribution >= 0.6 is 11.9 Å². The molecule has 30 heavy (non-hydrogen) atoms. The maximum absolute atomic E-state index is 11.8. The number of aldehydes is 1. The molecule has 4 N–H and O–H groups in total. The van der Waals surface area contributed by atoms with Gasteiger partial charge in [-0.05, 0) is 101 Å². The van der Waals surface area contributed by atoms with Crippen LogP contribution in [0.25, 0.3) is 0 Å². The van der Waals surface area contributed by atoms with E-state index in [0.29, 0.717) is 17.9 Å². The number of nitrogens with two attached hydrogens (primary N) is 1. The Hall–Kier alpha value is -1.37. The van der Waals surface area contributed by atoms with Crippen LogP contribution in [0.3, 0.4) is 0 Å². The summed E-state index contributed by atoms with van der Waals surface area (Å²) >= 11 is 1.50. The molecule has 6 heteroatoms. The summed E-state index contributed by atoms with van der Waals surface area (Å²) in [6.07, 6.45) is 8.00. The van der Waals surface area contributed by atoms with Gasteiger partial charge in [0.25, 0.3) is 0 Å². The summed E-state index contributed by atoms with van der Waals surface area (Å²) in [5.74, 6) is 2.11. The quantitative estimate of drug-likeness (QED) is 0.471. The molecule has 0 aromatic heterocycles. The van der Waals surface area contributed by atoms with Crippen molar-refractivity contribution in [1.82, 2.24) is 10.0 Å². The van der Waals surface area contributed by atoms with Gasteiger partial charge < -0.3 is 15.8 Å². The molecule has 166 valence electrons. The average molecular weight is 432 g/mol. The van der Waals surface area contributed by atoms with E-state index in [1.54, 1.807) is 0 Å². The number of primary amides is 1. The highest BCUT2D eigenvalue weighted by Gasteiger charge is 2.55. The third-order valence-corrected chi connectivity index (χ3v) is 8.56. The van der Waals surface area contributed by atoms with E-state index in [0.717, 1.165) is 36.4 Å². The second-order valence-electron chi connectivity index (χ2n) is 10.1. The van der Waals surface area contributed by atoms with Crippen LogP contribution in [0.15, 0.2) is 29.2 Å². The summed E-state index contributed by atoms with van der Waals surface area (Å²) < 4.78 is 3.11. The summed E-state index contributed by atoms with van der Waals surface area (Å²) in [6.45, 7) is 5.76. The first-order valence-electron chi connectivity index (χ1n) is 11.1. The van der Waals surface area contributed by atoms with Crippen LogP contribution in [0.2, 0.25) is 0 Å². The van der Waals surface area contributed by atoms with Gasteiger partial charge in [0.15, 0.2) is 0 Å². The fourth-order valence-corrected chi connectivity index (χ4v) is 6.59. The van der Waals surface area contributed by atoms with Crippen LogP contribution in [0.4, 0.5) is 0 Å². The highest BCUT2D eigenvalue weighted by molar-refractivity contribution is 7.97. The van der Waals surface area contributed by atoms with Gasteiger partial charge in [-0.15, -0.1) is 0 Å². The fourth-order valence-electron chi connectivity index (χ4n) is 5.79.